The number of carbonyl (C=O) groups is 1. The third-order valence-electron chi connectivity index (χ3n) is 11.0. The van der Waals surface area contributed by atoms with Crippen molar-refractivity contribution in [2.24, 2.45) is 23.7 Å². The van der Waals surface area contributed by atoms with Gasteiger partial charge in [-0.15, -0.1) is 0 Å². The first-order chi connectivity index (χ1) is 19.0. The Balaban J connectivity index is 1.18. The van der Waals surface area contributed by atoms with Crippen LogP contribution < -0.4 is 0 Å². The number of unbranched alkanes of at least 4 members (excludes halogenated alkanes) is 2. The van der Waals surface area contributed by atoms with Crippen LogP contribution in [0.1, 0.15) is 145 Å². The second-order valence-corrected chi connectivity index (χ2v) is 13.5. The van der Waals surface area contributed by atoms with E-state index in [9.17, 15) is 4.79 Å². The van der Waals surface area contributed by atoms with Crippen molar-refractivity contribution >= 4 is 5.91 Å². The molecule has 0 unspecified atom stereocenters. The van der Waals surface area contributed by atoms with Crippen molar-refractivity contribution in [1.82, 2.24) is 4.90 Å². The van der Waals surface area contributed by atoms with Gasteiger partial charge in [-0.05, 0) is 136 Å². The molecule has 0 N–H and O–H groups in total. The van der Waals surface area contributed by atoms with Gasteiger partial charge in [0.15, 0.2) is 0 Å². The van der Waals surface area contributed by atoms with Gasteiger partial charge in [-0.25, -0.2) is 4.39 Å². The summed E-state index contributed by atoms with van der Waals surface area (Å²) in [4.78, 5) is 13.4. The molecular formula is C36H56FNO. The summed E-state index contributed by atoms with van der Waals surface area (Å²) >= 11 is 0. The largest absolute Gasteiger partial charge is 0.342 e. The van der Waals surface area contributed by atoms with Gasteiger partial charge >= 0.3 is 0 Å². The van der Waals surface area contributed by atoms with E-state index in [1.54, 1.807) is 4.90 Å². The molecule has 2 nitrogen and oxygen atoms in total. The van der Waals surface area contributed by atoms with Gasteiger partial charge in [0.05, 0.1) is 0 Å². The van der Waals surface area contributed by atoms with Crippen molar-refractivity contribution in [3.8, 4) is 0 Å². The van der Waals surface area contributed by atoms with Crippen LogP contribution in [0.4, 0.5) is 4.39 Å². The van der Waals surface area contributed by atoms with Crippen molar-refractivity contribution in [3.63, 3.8) is 0 Å². The van der Waals surface area contributed by atoms with Crippen LogP contribution in [0.15, 0.2) is 30.9 Å². The van der Waals surface area contributed by atoms with Gasteiger partial charge in [0.2, 0.25) is 5.91 Å². The highest BCUT2D eigenvalue weighted by Crippen LogP contribution is 2.45. The molecule has 1 aromatic carbocycles. The fourth-order valence-electron chi connectivity index (χ4n) is 8.33. The van der Waals surface area contributed by atoms with Crippen LogP contribution in [0.5, 0.6) is 0 Å². The van der Waals surface area contributed by atoms with Crippen LogP contribution >= 0.6 is 0 Å². The lowest BCUT2D eigenvalue weighted by atomic mass is 9.68. The van der Waals surface area contributed by atoms with Crippen LogP contribution in [0.2, 0.25) is 0 Å². The maximum atomic E-state index is 15.4. The van der Waals surface area contributed by atoms with Gasteiger partial charge in [0.1, 0.15) is 5.82 Å². The lowest BCUT2D eigenvalue weighted by Gasteiger charge is -2.38. The average molecular weight is 538 g/mol. The maximum Gasteiger partial charge on any atom is 0.245 e. The van der Waals surface area contributed by atoms with E-state index in [2.05, 4.69) is 25.6 Å². The Labute approximate surface area is 239 Å². The molecular weight excluding hydrogens is 481 g/mol. The molecule has 4 rings (SSSR count). The predicted molar refractivity (Wildman–Crippen MR) is 162 cm³/mol. The van der Waals surface area contributed by atoms with Gasteiger partial charge in [-0.3, -0.25) is 4.79 Å². The number of likely N-dealkylation sites (N-methyl/N-ethyl adjacent to an activating group) is 1. The molecule has 1 aromatic rings. The minimum Gasteiger partial charge on any atom is -0.342 e. The van der Waals surface area contributed by atoms with E-state index in [1.807, 2.05) is 13.1 Å². The second-order valence-electron chi connectivity index (χ2n) is 13.5. The number of halogens is 1. The molecule has 3 heteroatoms. The zero-order valence-electron chi connectivity index (χ0n) is 25.1. The maximum absolute atomic E-state index is 15.4. The second kappa shape index (κ2) is 15.4. The summed E-state index contributed by atoms with van der Waals surface area (Å²) in [6.45, 7) is 6.67. The van der Waals surface area contributed by atoms with Crippen LogP contribution in [0.25, 0.3) is 0 Å². The Hall–Kier alpha value is -1.64. The van der Waals surface area contributed by atoms with Crippen molar-refractivity contribution in [3.05, 3.63) is 47.8 Å². The zero-order chi connectivity index (χ0) is 27.6. The van der Waals surface area contributed by atoms with Crippen LogP contribution in [0.3, 0.4) is 0 Å². The molecule has 0 atom stereocenters. The summed E-state index contributed by atoms with van der Waals surface area (Å²) in [6, 6.07) is 6.31. The smallest absolute Gasteiger partial charge is 0.245 e. The number of carbonyl (C=O) groups excluding carboxylic acids is 1. The lowest BCUT2D eigenvalue weighted by molar-refractivity contribution is -0.124. The molecule has 218 valence electrons. The van der Waals surface area contributed by atoms with Gasteiger partial charge in [0, 0.05) is 13.6 Å². The minimum absolute atomic E-state index is 0.00100. The van der Waals surface area contributed by atoms with E-state index in [0.29, 0.717) is 17.8 Å². The summed E-state index contributed by atoms with van der Waals surface area (Å²) in [5.41, 5.74) is 2.21. The summed E-state index contributed by atoms with van der Waals surface area (Å²) in [5, 5.41) is 0. The van der Waals surface area contributed by atoms with Gasteiger partial charge in [-0.2, -0.15) is 0 Å². The molecule has 0 aliphatic heterocycles. The Morgan fingerprint density at radius 1 is 0.846 bits per heavy atom. The summed E-state index contributed by atoms with van der Waals surface area (Å²) < 4.78 is 15.4. The first kappa shape index (κ1) is 30.3. The number of amides is 1. The van der Waals surface area contributed by atoms with Crippen molar-refractivity contribution in [1.29, 1.82) is 0 Å². The van der Waals surface area contributed by atoms with Crippen LogP contribution in [-0.4, -0.2) is 24.4 Å². The van der Waals surface area contributed by atoms with E-state index in [4.69, 9.17) is 0 Å². The first-order valence-electron chi connectivity index (χ1n) is 16.6. The predicted octanol–water partition coefficient (Wildman–Crippen LogP) is 10.2. The Morgan fingerprint density at radius 3 is 2.00 bits per heavy atom. The fourth-order valence-corrected chi connectivity index (χ4v) is 8.33. The quantitative estimate of drug-likeness (QED) is 0.192. The zero-order valence-corrected chi connectivity index (χ0v) is 25.1. The van der Waals surface area contributed by atoms with Crippen LogP contribution in [-0.2, 0) is 4.79 Å². The molecule has 0 heterocycles. The van der Waals surface area contributed by atoms with Crippen LogP contribution in [0, 0.1) is 29.5 Å². The van der Waals surface area contributed by atoms with Gasteiger partial charge < -0.3 is 4.90 Å². The SMILES string of the molecule is C=CC(=O)N(C)CCCC1CCC(c2ccc(C3CCC(C4CCC(CCCCC)CC4)CC3)cc2F)CC1. The minimum atomic E-state index is 0.00100. The number of hydrogen-bond acceptors (Lipinski definition) is 1. The molecule has 1 amide bonds. The third-order valence-corrected chi connectivity index (χ3v) is 11.0. The standard InChI is InChI=1S/C36H56FNO/c1-4-6-7-9-27-11-15-29(16-12-27)30-19-21-31(22-20-30)33-23-24-34(35(37)26-33)32-17-13-28(14-18-32)10-8-25-38(3)36(39)5-2/h5,23-24,26-32H,2,4,6-22,25H2,1,3H3. The highest BCUT2D eigenvalue weighted by Gasteiger charge is 2.32. The molecule has 0 bridgehead atoms. The van der Waals surface area contributed by atoms with Crippen molar-refractivity contribution in [2.45, 2.75) is 134 Å². The summed E-state index contributed by atoms with van der Waals surface area (Å²) in [7, 11) is 1.85. The topological polar surface area (TPSA) is 20.3 Å². The molecule has 3 saturated carbocycles. The number of hydrogen-bond donors (Lipinski definition) is 0. The molecule has 0 saturated heterocycles. The van der Waals surface area contributed by atoms with Gasteiger partial charge in [-0.1, -0.05) is 64.2 Å². The molecule has 0 spiro atoms. The van der Waals surface area contributed by atoms with E-state index < -0.39 is 0 Å². The fraction of sp³-hybridized carbons (Fsp3) is 0.750. The molecule has 3 aliphatic rings. The van der Waals surface area contributed by atoms with Gasteiger partial charge in [0.25, 0.3) is 0 Å². The third kappa shape index (κ3) is 8.67. The van der Waals surface area contributed by atoms with E-state index in [0.717, 1.165) is 55.5 Å². The summed E-state index contributed by atoms with van der Waals surface area (Å²) in [6.07, 6.45) is 24.8. The van der Waals surface area contributed by atoms with E-state index in [1.165, 1.54) is 102 Å². The molecule has 0 radical (unpaired) electrons. The number of rotatable bonds is 12. The normalized spacial score (nSPS) is 29.6. The molecule has 0 aromatic heterocycles. The van der Waals surface area contributed by atoms with Crippen molar-refractivity contribution in [2.75, 3.05) is 13.6 Å². The lowest BCUT2D eigenvalue weighted by Crippen LogP contribution is -2.26. The molecule has 3 fully saturated rings. The number of nitrogens with zero attached hydrogens (tertiary/aromatic N) is 1. The Bertz CT molecular complexity index is 887. The van der Waals surface area contributed by atoms with E-state index in [-0.39, 0.29) is 11.7 Å². The van der Waals surface area contributed by atoms with Crippen molar-refractivity contribution < 1.29 is 9.18 Å². The first-order valence-corrected chi connectivity index (χ1v) is 16.6. The molecule has 39 heavy (non-hydrogen) atoms. The molecule has 3 aliphatic carbocycles. The Kier molecular flexibility index (Phi) is 12.0. The number of benzene rings is 1. The van der Waals surface area contributed by atoms with E-state index >= 15 is 4.39 Å². The highest BCUT2D eigenvalue weighted by molar-refractivity contribution is 5.86. The monoisotopic (exact) mass is 537 g/mol. The highest BCUT2D eigenvalue weighted by atomic mass is 19.1. The average Bonchev–Trinajstić information content (AvgIpc) is 2.97. The Morgan fingerprint density at radius 2 is 1.41 bits per heavy atom. The summed E-state index contributed by atoms with van der Waals surface area (Å²) in [5.74, 6) is 4.55.